The Bertz CT molecular complexity index is 958. The van der Waals surface area contributed by atoms with Crippen molar-refractivity contribution in [3.05, 3.63) is 42.2 Å². The number of guanidine groups is 1. The fraction of sp³-hybridized carbons (Fsp3) is 0.478. The lowest BCUT2D eigenvalue weighted by molar-refractivity contribution is 0.167. The molecule has 0 atom stereocenters. The van der Waals surface area contributed by atoms with Crippen LogP contribution in [0, 0.1) is 0 Å². The first-order chi connectivity index (χ1) is 14.6. The van der Waals surface area contributed by atoms with E-state index in [0.717, 1.165) is 60.5 Å². The van der Waals surface area contributed by atoms with Crippen molar-refractivity contribution in [2.75, 3.05) is 19.6 Å². The van der Waals surface area contributed by atoms with Crippen molar-refractivity contribution >= 4 is 51.5 Å². The molecule has 168 valence electrons. The third-order valence-electron chi connectivity index (χ3n) is 5.50. The molecule has 2 N–H and O–H groups in total. The standard InChI is InChI=1S/C23H31N5OS.HI/c1-4-24-23(26-17-11-13-28(14-12-17)16(2)3)25-15-18-9-10-20(29-18)22-27-19-7-5-6-8-21(19)30-22;/h5-10,16-17H,4,11-15H2,1-3H3,(H2,24,25,26);1H. The summed E-state index contributed by atoms with van der Waals surface area (Å²) in [5.41, 5.74) is 1.01. The largest absolute Gasteiger partial charge is 0.457 e. The quantitative estimate of drug-likeness (QED) is 0.253. The fourth-order valence-electron chi connectivity index (χ4n) is 3.79. The molecule has 8 heteroatoms. The molecule has 0 radical (unpaired) electrons. The molecule has 1 aliphatic rings. The number of fused-ring (bicyclic) bond motifs is 1. The highest BCUT2D eigenvalue weighted by Gasteiger charge is 2.21. The number of piperidine rings is 1. The van der Waals surface area contributed by atoms with Gasteiger partial charge in [0.15, 0.2) is 16.7 Å². The van der Waals surface area contributed by atoms with Crippen molar-refractivity contribution in [2.24, 2.45) is 4.99 Å². The Morgan fingerprint density at radius 1 is 1.23 bits per heavy atom. The third-order valence-corrected chi connectivity index (χ3v) is 6.56. The predicted octanol–water partition coefficient (Wildman–Crippen LogP) is 5.10. The highest BCUT2D eigenvalue weighted by atomic mass is 127. The zero-order valence-corrected chi connectivity index (χ0v) is 21.6. The first-order valence-corrected chi connectivity index (χ1v) is 11.7. The molecule has 0 aliphatic carbocycles. The van der Waals surface area contributed by atoms with E-state index in [1.807, 2.05) is 30.3 Å². The van der Waals surface area contributed by atoms with Crippen LogP contribution in [0.5, 0.6) is 0 Å². The lowest BCUT2D eigenvalue weighted by Crippen LogP contribution is -2.49. The van der Waals surface area contributed by atoms with Gasteiger partial charge >= 0.3 is 0 Å². The number of nitrogens with zero attached hydrogens (tertiary/aromatic N) is 3. The molecule has 0 spiro atoms. The number of furan rings is 1. The van der Waals surface area contributed by atoms with Gasteiger partial charge in [0.1, 0.15) is 12.3 Å². The van der Waals surface area contributed by atoms with Crippen LogP contribution >= 0.6 is 35.3 Å². The molecular weight excluding hydrogens is 521 g/mol. The monoisotopic (exact) mass is 553 g/mol. The number of aromatic nitrogens is 1. The number of benzene rings is 1. The molecule has 1 aromatic carbocycles. The molecular formula is C23H32IN5OS. The van der Waals surface area contributed by atoms with Crippen LogP contribution in [0.1, 0.15) is 39.4 Å². The summed E-state index contributed by atoms with van der Waals surface area (Å²) in [4.78, 5) is 12.0. The maximum atomic E-state index is 6.04. The summed E-state index contributed by atoms with van der Waals surface area (Å²) < 4.78 is 7.21. The molecule has 2 aromatic heterocycles. The van der Waals surface area contributed by atoms with E-state index in [9.17, 15) is 0 Å². The molecule has 1 fully saturated rings. The minimum atomic E-state index is 0. The van der Waals surface area contributed by atoms with Crippen LogP contribution in [-0.2, 0) is 6.54 Å². The highest BCUT2D eigenvalue weighted by molar-refractivity contribution is 14.0. The number of hydrogen-bond acceptors (Lipinski definition) is 5. The zero-order valence-electron chi connectivity index (χ0n) is 18.4. The first kappa shape index (κ1) is 24.0. The molecule has 4 rings (SSSR count). The van der Waals surface area contributed by atoms with Gasteiger partial charge in [-0.25, -0.2) is 9.98 Å². The summed E-state index contributed by atoms with van der Waals surface area (Å²) >= 11 is 1.65. The number of rotatable bonds is 6. The van der Waals surface area contributed by atoms with Gasteiger partial charge in [-0.3, -0.25) is 0 Å². The highest BCUT2D eigenvalue weighted by Crippen LogP contribution is 2.31. The second-order valence-corrected chi connectivity index (χ2v) is 9.03. The van der Waals surface area contributed by atoms with Crippen LogP contribution in [0.15, 0.2) is 45.8 Å². The van der Waals surface area contributed by atoms with Crippen LogP contribution in [0.2, 0.25) is 0 Å². The fourth-order valence-corrected chi connectivity index (χ4v) is 4.71. The number of thiazole rings is 1. The Kier molecular flexibility index (Phi) is 8.74. The van der Waals surface area contributed by atoms with Gasteiger partial charge in [-0.2, -0.15) is 0 Å². The minimum absolute atomic E-state index is 0. The molecule has 1 saturated heterocycles. The molecule has 3 heterocycles. The van der Waals surface area contributed by atoms with Crippen LogP contribution < -0.4 is 10.6 Å². The summed E-state index contributed by atoms with van der Waals surface area (Å²) in [6.45, 7) is 10.3. The molecule has 3 aromatic rings. The van der Waals surface area contributed by atoms with Crippen molar-refractivity contribution in [1.29, 1.82) is 0 Å². The van der Waals surface area contributed by atoms with Crippen LogP contribution in [0.25, 0.3) is 21.0 Å². The summed E-state index contributed by atoms with van der Waals surface area (Å²) in [6.07, 6.45) is 2.29. The van der Waals surface area contributed by atoms with Crippen LogP contribution in [0.4, 0.5) is 0 Å². The van der Waals surface area contributed by atoms with E-state index in [1.165, 1.54) is 4.70 Å². The molecule has 0 bridgehead atoms. The predicted molar refractivity (Wildman–Crippen MR) is 140 cm³/mol. The lowest BCUT2D eigenvalue weighted by atomic mass is 10.0. The average molecular weight is 554 g/mol. The summed E-state index contributed by atoms with van der Waals surface area (Å²) in [6, 6.07) is 13.2. The van der Waals surface area contributed by atoms with Crippen molar-refractivity contribution in [1.82, 2.24) is 20.5 Å². The second-order valence-electron chi connectivity index (χ2n) is 8.00. The molecule has 0 unspecified atom stereocenters. The van der Waals surface area contributed by atoms with Crippen LogP contribution in [0.3, 0.4) is 0 Å². The Morgan fingerprint density at radius 3 is 2.71 bits per heavy atom. The smallest absolute Gasteiger partial charge is 0.191 e. The van der Waals surface area contributed by atoms with E-state index in [-0.39, 0.29) is 24.0 Å². The summed E-state index contributed by atoms with van der Waals surface area (Å²) in [5.74, 6) is 2.51. The van der Waals surface area contributed by atoms with E-state index < -0.39 is 0 Å². The number of aliphatic imine (C=N–C) groups is 1. The Labute approximate surface area is 205 Å². The van der Waals surface area contributed by atoms with E-state index in [2.05, 4.69) is 47.4 Å². The van der Waals surface area contributed by atoms with Gasteiger partial charge in [0, 0.05) is 31.7 Å². The number of likely N-dealkylation sites (tertiary alicyclic amines) is 1. The molecule has 31 heavy (non-hydrogen) atoms. The Balaban J connectivity index is 0.00000272. The Morgan fingerprint density at radius 2 is 2.00 bits per heavy atom. The normalized spacial score (nSPS) is 15.9. The summed E-state index contributed by atoms with van der Waals surface area (Å²) in [7, 11) is 0. The third kappa shape index (κ3) is 6.20. The maximum Gasteiger partial charge on any atom is 0.191 e. The summed E-state index contributed by atoms with van der Waals surface area (Å²) in [5, 5.41) is 7.88. The lowest BCUT2D eigenvalue weighted by Gasteiger charge is -2.35. The topological polar surface area (TPSA) is 65.7 Å². The van der Waals surface area contributed by atoms with E-state index >= 15 is 0 Å². The second kappa shape index (κ2) is 11.3. The van der Waals surface area contributed by atoms with Crippen molar-refractivity contribution < 1.29 is 4.42 Å². The van der Waals surface area contributed by atoms with Crippen molar-refractivity contribution in [3.8, 4) is 10.8 Å². The molecule has 1 aliphatic heterocycles. The minimum Gasteiger partial charge on any atom is -0.457 e. The average Bonchev–Trinajstić information content (AvgIpc) is 3.39. The van der Waals surface area contributed by atoms with Gasteiger partial charge in [0.05, 0.1) is 10.2 Å². The molecule has 6 nitrogen and oxygen atoms in total. The van der Waals surface area contributed by atoms with Crippen molar-refractivity contribution in [3.63, 3.8) is 0 Å². The maximum absolute atomic E-state index is 6.04. The van der Waals surface area contributed by atoms with Gasteiger partial charge in [0.2, 0.25) is 0 Å². The van der Waals surface area contributed by atoms with Gasteiger partial charge in [-0.15, -0.1) is 35.3 Å². The number of nitrogens with one attached hydrogen (secondary N) is 2. The zero-order chi connectivity index (χ0) is 20.9. The van der Waals surface area contributed by atoms with E-state index in [0.29, 0.717) is 18.6 Å². The molecule has 0 amide bonds. The van der Waals surface area contributed by atoms with Crippen LogP contribution in [-0.4, -0.2) is 47.6 Å². The number of hydrogen-bond donors (Lipinski definition) is 2. The number of halogens is 1. The SMILES string of the molecule is CCNC(=NCc1ccc(-c2nc3ccccc3s2)o1)NC1CCN(C(C)C)CC1.I. The van der Waals surface area contributed by atoms with E-state index in [4.69, 9.17) is 9.41 Å². The number of para-hydroxylation sites is 1. The Hall–Kier alpha value is -1.65. The van der Waals surface area contributed by atoms with Gasteiger partial charge < -0.3 is 20.0 Å². The van der Waals surface area contributed by atoms with Gasteiger partial charge in [-0.1, -0.05) is 12.1 Å². The molecule has 0 saturated carbocycles. The van der Waals surface area contributed by atoms with E-state index in [1.54, 1.807) is 11.3 Å². The van der Waals surface area contributed by atoms with Crippen molar-refractivity contribution in [2.45, 2.75) is 52.2 Å². The van der Waals surface area contributed by atoms with Gasteiger partial charge in [-0.05, 0) is 57.9 Å². The van der Waals surface area contributed by atoms with Gasteiger partial charge in [0.25, 0.3) is 0 Å². The first-order valence-electron chi connectivity index (χ1n) is 10.9.